The molecule has 0 bridgehead atoms. The van der Waals surface area contributed by atoms with E-state index in [0.717, 1.165) is 31.1 Å². The Hall–Kier alpha value is -2.16. The van der Waals surface area contributed by atoms with Gasteiger partial charge in [0.1, 0.15) is 11.4 Å². The first-order valence-electron chi connectivity index (χ1n) is 8.27. The van der Waals surface area contributed by atoms with Gasteiger partial charge >= 0.3 is 0 Å². The monoisotopic (exact) mass is 357 g/mol. The number of rotatable bonds is 3. The summed E-state index contributed by atoms with van der Waals surface area (Å²) in [6, 6.07) is 4.35. The molecule has 4 heterocycles. The normalized spacial score (nSPS) is 20.8. The molecule has 2 aliphatic rings. The number of ketones is 1. The molecule has 2 aromatic rings. The van der Waals surface area contributed by atoms with Gasteiger partial charge in [-0.2, -0.15) is 0 Å². The van der Waals surface area contributed by atoms with Crippen molar-refractivity contribution in [3.05, 3.63) is 49.7 Å². The predicted molar refractivity (Wildman–Crippen MR) is 95.0 cm³/mol. The predicted octanol–water partition coefficient (Wildman–Crippen LogP) is -0.121. The molecule has 1 N–H and O–H groups in total. The second kappa shape index (κ2) is 6.62. The molecule has 1 atom stereocenters. The molecule has 0 radical (unpaired) electrons. The van der Waals surface area contributed by atoms with Gasteiger partial charge in [0.2, 0.25) is 5.56 Å². The lowest BCUT2D eigenvalue weighted by Gasteiger charge is -2.32. The van der Waals surface area contributed by atoms with Crippen molar-refractivity contribution in [2.75, 3.05) is 39.8 Å². The van der Waals surface area contributed by atoms with Crippen molar-refractivity contribution < 1.29 is 4.79 Å². The van der Waals surface area contributed by atoms with E-state index in [4.69, 9.17) is 0 Å². The highest BCUT2D eigenvalue weighted by molar-refractivity contribution is 7.10. The van der Waals surface area contributed by atoms with Crippen LogP contribution in [-0.2, 0) is 4.79 Å². The van der Waals surface area contributed by atoms with Gasteiger partial charge in [-0.05, 0) is 24.6 Å². The molecular weight excluding hydrogens is 338 g/mol. The van der Waals surface area contributed by atoms with Crippen LogP contribution in [0.1, 0.15) is 10.9 Å². The lowest BCUT2D eigenvalue weighted by molar-refractivity contribution is -0.121. The summed E-state index contributed by atoms with van der Waals surface area (Å²) in [5, 5.41) is 2.46. The van der Waals surface area contributed by atoms with Crippen molar-refractivity contribution in [2.24, 2.45) is 9.98 Å². The summed E-state index contributed by atoms with van der Waals surface area (Å²) < 4.78 is 0. The lowest BCUT2D eigenvalue weighted by Crippen LogP contribution is -2.46. The molecule has 0 aliphatic carbocycles. The first-order chi connectivity index (χ1) is 12.1. The maximum Gasteiger partial charge on any atom is 0.249 e. The fourth-order valence-corrected chi connectivity index (χ4v) is 4.00. The summed E-state index contributed by atoms with van der Waals surface area (Å²) in [7, 11) is 2.09. The molecule has 0 spiro atoms. The number of pyridine rings is 1. The highest BCUT2D eigenvalue weighted by Crippen LogP contribution is 2.34. The Morgan fingerprint density at radius 3 is 2.88 bits per heavy atom. The third-order valence-corrected chi connectivity index (χ3v) is 5.54. The average Bonchev–Trinajstić information content (AvgIpc) is 2.98. The SMILES string of the molecule is CN1CCN(CC(=O)C2N=c3ccc(=O)[nH]c3=Nc3ccsc32)CC1. The van der Waals surface area contributed by atoms with Crippen molar-refractivity contribution >= 4 is 22.8 Å². The van der Waals surface area contributed by atoms with Gasteiger partial charge in [-0.1, -0.05) is 0 Å². The molecule has 130 valence electrons. The number of nitrogens with one attached hydrogen (secondary N) is 1. The van der Waals surface area contributed by atoms with Crippen LogP contribution < -0.4 is 16.4 Å². The van der Waals surface area contributed by atoms with Crippen LogP contribution in [0.3, 0.4) is 0 Å². The topological polar surface area (TPSA) is 81.1 Å². The van der Waals surface area contributed by atoms with E-state index >= 15 is 0 Å². The summed E-state index contributed by atoms with van der Waals surface area (Å²) in [5.74, 6) is 0.0718. The van der Waals surface area contributed by atoms with E-state index in [1.54, 1.807) is 6.07 Å². The zero-order valence-electron chi connectivity index (χ0n) is 13.9. The van der Waals surface area contributed by atoms with Gasteiger partial charge in [-0.25, -0.2) is 4.99 Å². The minimum absolute atomic E-state index is 0.0718. The smallest absolute Gasteiger partial charge is 0.249 e. The number of carbonyl (C=O) groups is 1. The number of nitrogens with zero attached hydrogens (tertiary/aromatic N) is 4. The Balaban J connectivity index is 1.68. The van der Waals surface area contributed by atoms with E-state index < -0.39 is 6.04 Å². The maximum atomic E-state index is 13.0. The zero-order chi connectivity index (χ0) is 17.4. The maximum absolute atomic E-state index is 13.0. The van der Waals surface area contributed by atoms with Crippen LogP contribution in [0.25, 0.3) is 0 Å². The number of hydrogen-bond donors (Lipinski definition) is 1. The van der Waals surface area contributed by atoms with Crippen LogP contribution in [0.15, 0.2) is 38.4 Å². The number of aromatic nitrogens is 1. The van der Waals surface area contributed by atoms with Crippen LogP contribution >= 0.6 is 11.3 Å². The van der Waals surface area contributed by atoms with Crippen molar-refractivity contribution in [2.45, 2.75) is 6.04 Å². The van der Waals surface area contributed by atoms with E-state index in [0.29, 0.717) is 23.1 Å². The Morgan fingerprint density at radius 2 is 2.08 bits per heavy atom. The van der Waals surface area contributed by atoms with Gasteiger partial charge in [0.15, 0.2) is 11.3 Å². The lowest BCUT2D eigenvalue weighted by atomic mass is 10.1. The Kier molecular flexibility index (Phi) is 4.32. The minimum atomic E-state index is -0.564. The second-order valence-corrected chi connectivity index (χ2v) is 7.36. The number of aromatic amines is 1. The van der Waals surface area contributed by atoms with E-state index in [1.807, 2.05) is 11.4 Å². The van der Waals surface area contributed by atoms with E-state index in [1.165, 1.54) is 17.4 Å². The van der Waals surface area contributed by atoms with Gasteiger partial charge in [-0.3, -0.25) is 19.5 Å². The van der Waals surface area contributed by atoms with E-state index in [-0.39, 0.29) is 11.3 Å². The van der Waals surface area contributed by atoms with Crippen LogP contribution in [0.4, 0.5) is 5.69 Å². The average molecular weight is 357 g/mol. The summed E-state index contributed by atoms with van der Waals surface area (Å²) in [6.07, 6.45) is 0. The Morgan fingerprint density at radius 1 is 1.28 bits per heavy atom. The fraction of sp³-hybridized carbons (Fsp3) is 0.412. The number of likely N-dealkylation sites (N-methyl/N-ethyl adjacent to an activating group) is 1. The first kappa shape index (κ1) is 16.3. The molecule has 25 heavy (non-hydrogen) atoms. The Labute approximate surface area is 148 Å². The standard InChI is InChI=1S/C17H19N5O2S/c1-21-5-7-22(8-6-21)10-13(23)15-16-11(4-9-25-16)19-17-12(18-15)2-3-14(24)20-17/h2-4,9,15H,5-8,10H2,1H3,(H,19,20,24). The van der Waals surface area contributed by atoms with Crippen molar-refractivity contribution in [3.63, 3.8) is 0 Å². The van der Waals surface area contributed by atoms with Crippen molar-refractivity contribution in [1.29, 1.82) is 0 Å². The van der Waals surface area contributed by atoms with Crippen LogP contribution in [0.5, 0.6) is 0 Å². The van der Waals surface area contributed by atoms with Gasteiger partial charge < -0.3 is 9.88 Å². The van der Waals surface area contributed by atoms with Crippen LogP contribution in [-0.4, -0.2) is 60.3 Å². The third kappa shape index (κ3) is 3.33. The molecule has 2 aromatic heterocycles. The second-order valence-electron chi connectivity index (χ2n) is 6.42. The van der Waals surface area contributed by atoms with Crippen LogP contribution in [0.2, 0.25) is 0 Å². The number of H-pyrrole nitrogens is 1. The number of fused-ring (bicyclic) bond motifs is 2. The number of hydrogen-bond acceptors (Lipinski definition) is 7. The zero-order valence-corrected chi connectivity index (χ0v) is 14.8. The fourth-order valence-electron chi connectivity index (χ4n) is 3.11. The molecule has 8 heteroatoms. The molecule has 1 saturated heterocycles. The Bertz CT molecular complexity index is 971. The van der Waals surface area contributed by atoms with Gasteiger partial charge in [0.25, 0.3) is 0 Å². The summed E-state index contributed by atoms with van der Waals surface area (Å²) in [5.41, 5.74) is 0.907. The molecular formula is C17H19N5O2S. The molecule has 7 nitrogen and oxygen atoms in total. The summed E-state index contributed by atoms with van der Waals surface area (Å²) in [6.45, 7) is 4.11. The summed E-state index contributed by atoms with van der Waals surface area (Å²) >= 11 is 1.49. The number of carbonyl (C=O) groups excluding carboxylic acids is 1. The molecule has 4 rings (SSSR count). The van der Waals surface area contributed by atoms with Gasteiger partial charge in [-0.15, -0.1) is 11.3 Å². The third-order valence-electron chi connectivity index (χ3n) is 4.58. The highest BCUT2D eigenvalue weighted by atomic mass is 32.1. The minimum Gasteiger partial charge on any atom is -0.305 e. The molecule has 0 amide bonds. The van der Waals surface area contributed by atoms with Crippen molar-refractivity contribution in [3.8, 4) is 0 Å². The van der Waals surface area contributed by atoms with E-state index in [2.05, 4.69) is 31.8 Å². The summed E-state index contributed by atoms with van der Waals surface area (Å²) in [4.78, 5) is 41.7. The van der Waals surface area contributed by atoms with Crippen LogP contribution in [0, 0.1) is 0 Å². The molecule has 1 fully saturated rings. The molecule has 0 aromatic carbocycles. The van der Waals surface area contributed by atoms with Gasteiger partial charge in [0.05, 0.1) is 17.1 Å². The van der Waals surface area contributed by atoms with Crippen molar-refractivity contribution in [1.82, 2.24) is 14.8 Å². The quantitative estimate of drug-likeness (QED) is 0.830. The van der Waals surface area contributed by atoms with Gasteiger partial charge in [0, 0.05) is 32.2 Å². The molecule has 1 unspecified atom stereocenters. The number of thiophene rings is 1. The largest absolute Gasteiger partial charge is 0.305 e. The van der Waals surface area contributed by atoms with E-state index in [9.17, 15) is 9.59 Å². The first-order valence-corrected chi connectivity index (χ1v) is 9.15. The highest BCUT2D eigenvalue weighted by Gasteiger charge is 2.27. The number of Topliss-reactive ketones (excluding diaryl/α,β-unsaturated/α-hetero) is 1. The molecule has 0 saturated carbocycles. The number of piperazine rings is 1. The molecule has 2 aliphatic heterocycles.